The van der Waals surface area contributed by atoms with Crippen molar-refractivity contribution in [3.63, 3.8) is 0 Å². The second kappa shape index (κ2) is 10.6. The maximum Gasteiger partial charge on any atom is 0.225 e. The van der Waals surface area contributed by atoms with Gasteiger partial charge in [0, 0.05) is 49.7 Å². The molecule has 1 aliphatic heterocycles. The van der Waals surface area contributed by atoms with E-state index >= 15 is 0 Å². The Labute approximate surface area is 190 Å². The van der Waals surface area contributed by atoms with Crippen LogP contribution in [0.5, 0.6) is 0 Å². The zero-order valence-corrected chi connectivity index (χ0v) is 19.0. The van der Waals surface area contributed by atoms with E-state index in [9.17, 15) is 9.18 Å². The third-order valence-corrected chi connectivity index (χ3v) is 7.21. The summed E-state index contributed by atoms with van der Waals surface area (Å²) in [5.74, 6) is 1.26. The number of nitrogens with two attached hydrogens (primary N) is 1. The molecule has 0 radical (unpaired) electrons. The van der Waals surface area contributed by atoms with Gasteiger partial charge >= 0.3 is 0 Å². The highest BCUT2D eigenvalue weighted by atomic mass is 35.5. The highest BCUT2D eigenvalue weighted by Gasteiger charge is 2.41. The van der Waals surface area contributed by atoms with Gasteiger partial charge in [-0.1, -0.05) is 24.1 Å². The number of fused-ring (bicyclic) bond motifs is 2. The fraction of sp³-hybridized carbons (Fsp3) is 0.667. The van der Waals surface area contributed by atoms with Gasteiger partial charge in [0.1, 0.15) is 5.82 Å². The van der Waals surface area contributed by atoms with Crippen molar-refractivity contribution in [1.82, 2.24) is 9.80 Å². The molecule has 2 bridgehead atoms. The molecule has 2 saturated carbocycles. The molecule has 1 heterocycles. The number of rotatable bonds is 3. The van der Waals surface area contributed by atoms with E-state index in [2.05, 4.69) is 4.90 Å². The summed E-state index contributed by atoms with van der Waals surface area (Å²) in [6.07, 6.45) is 5.60. The topological polar surface area (TPSA) is 49.6 Å². The molecule has 1 aromatic carbocycles. The van der Waals surface area contributed by atoms with E-state index in [0.29, 0.717) is 35.4 Å². The molecular formula is C21H31Cl3FN3O. The van der Waals surface area contributed by atoms with E-state index in [4.69, 9.17) is 17.3 Å². The maximum absolute atomic E-state index is 13.2. The first-order chi connectivity index (χ1) is 13.0. The summed E-state index contributed by atoms with van der Waals surface area (Å²) < 4.78 is 13.2. The Hall–Kier alpha value is -0.590. The van der Waals surface area contributed by atoms with Gasteiger partial charge in [-0.05, 0) is 55.2 Å². The number of carbonyl (C=O) groups is 1. The van der Waals surface area contributed by atoms with Crippen molar-refractivity contribution in [2.24, 2.45) is 23.5 Å². The monoisotopic (exact) mass is 465 g/mol. The van der Waals surface area contributed by atoms with Crippen LogP contribution in [0, 0.1) is 23.6 Å². The maximum atomic E-state index is 13.2. The summed E-state index contributed by atoms with van der Waals surface area (Å²) in [7, 11) is 0. The van der Waals surface area contributed by atoms with Gasteiger partial charge in [-0.25, -0.2) is 4.39 Å². The Morgan fingerprint density at radius 3 is 2.31 bits per heavy atom. The van der Waals surface area contributed by atoms with E-state index in [-0.39, 0.29) is 36.5 Å². The summed E-state index contributed by atoms with van der Waals surface area (Å²) in [5, 5.41) is 0.471. The van der Waals surface area contributed by atoms with Crippen LogP contribution in [-0.4, -0.2) is 47.9 Å². The zero-order chi connectivity index (χ0) is 19.0. The van der Waals surface area contributed by atoms with Gasteiger partial charge in [-0.15, -0.1) is 24.8 Å². The number of piperazine rings is 1. The van der Waals surface area contributed by atoms with Crippen LogP contribution in [0.15, 0.2) is 18.2 Å². The third-order valence-electron chi connectivity index (χ3n) is 6.86. The number of amides is 1. The van der Waals surface area contributed by atoms with Crippen molar-refractivity contribution in [3.05, 3.63) is 34.6 Å². The predicted octanol–water partition coefficient (Wildman–Crippen LogP) is 4.12. The lowest BCUT2D eigenvalue weighted by atomic mass is 9.65. The molecule has 2 N–H and O–H groups in total. The number of halogens is 4. The first kappa shape index (κ1) is 24.7. The van der Waals surface area contributed by atoms with E-state index in [0.717, 1.165) is 44.6 Å². The molecule has 8 heteroatoms. The van der Waals surface area contributed by atoms with Crippen LogP contribution in [0.4, 0.5) is 4.39 Å². The minimum absolute atomic E-state index is 0. The average molecular weight is 467 g/mol. The van der Waals surface area contributed by atoms with Crippen LogP contribution in [0.3, 0.4) is 0 Å². The fourth-order valence-corrected chi connectivity index (χ4v) is 5.49. The van der Waals surface area contributed by atoms with Gasteiger partial charge in [-0.3, -0.25) is 9.69 Å². The molecular weight excluding hydrogens is 436 g/mol. The lowest BCUT2D eigenvalue weighted by molar-refractivity contribution is -0.140. The Bertz CT molecular complexity index is 686. The van der Waals surface area contributed by atoms with E-state index in [1.165, 1.54) is 31.4 Å². The molecule has 1 aromatic rings. The quantitative estimate of drug-likeness (QED) is 0.729. The van der Waals surface area contributed by atoms with Crippen LogP contribution < -0.4 is 5.73 Å². The number of carbonyl (C=O) groups excluding carboxylic acids is 1. The average Bonchev–Trinajstić information content (AvgIpc) is 2.64. The minimum Gasteiger partial charge on any atom is -0.340 e. The standard InChI is InChI=1S/C21H29ClFN3O.2ClH/c22-19-12-18(23)5-4-16(19)13-25-6-8-26(9-7-25)21(27)17-10-14-2-1-3-15(11-17)20(14)24;;/h4-5,12,14-15,17,20H,1-3,6-11,13,24H2;2*1H. The Kier molecular flexibility index (Phi) is 9.05. The van der Waals surface area contributed by atoms with Gasteiger partial charge in [0.25, 0.3) is 0 Å². The lowest BCUT2D eigenvalue weighted by Gasteiger charge is -2.45. The first-order valence-corrected chi connectivity index (χ1v) is 10.6. The van der Waals surface area contributed by atoms with Crippen molar-refractivity contribution < 1.29 is 9.18 Å². The molecule has 3 aliphatic rings. The zero-order valence-electron chi connectivity index (χ0n) is 16.6. The molecule has 1 amide bonds. The second-order valence-corrected chi connectivity index (χ2v) is 8.94. The van der Waals surface area contributed by atoms with Crippen molar-refractivity contribution in [2.75, 3.05) is 26.2 Å². The normalized spacial score (nSPS) is 29.6. The molecule has 2 aliphatic carbocycles. The molecule has 29 heavy (non-hydrogen) atoms. The second-order valence-electron chi connectivity index (χ2n) is 8.53. The number of hydrogen-bond acceptors (Lipinski definition) is 3. The molecule has 2 atom stereocenters. The molecule has 4 nitrogen and oxygen atoms in total. The van der Waals surface area contributed by atoms with Crippen LogP contribution in [-0.2, 0) is 11.3 Å². The van der Waals surface area contributed by atoms with E-state index in [1.54, 1.807) is 6.07 Å². The fourth-order valence-electron chi connectivity index (χ4n) is 5.27. The van der Waals surface area contributed by atoms with Crippen LogP contribution in [0.2, 0.25) is 5.02 Å². The first-order valence-electron chi connectivity index (χ1n) is 10.2. The highest BCUT2D eigenvalue weighted by Crippen LogP contribution is 2.42. The number of hydrogen-bond donors (Lipinski definition) is 1. The van der Waals surface area contributed by atoms with E-state index < -0.39 is 0 Å². The molecule has 4 rings (SSSR count). The van der Waals surface area contributed by atoms with Gasteiger partial charge in [-0.2, -0.15) is 0 Å². The van der Waals surface area contributed by atoms with Crippen molar-refractivity contribution in [3.8, 4) is 0 Å². The SMILES string of the molecule is Cl.Cl.NC1C2CCCC1CC(C(=O)N1CCN(Cc3ccc(F)cc3Cl)CC1)C2. The van der Waals surface area contributed by atoms with Gasteiger partial charge in [0.2, 0.25) is 5.91 Å². The van der Waals surface area contributed by atoms with Crippen LogP contribution in [0.1, 0.15) is 37.7 Å². The Balaban J connectivity index is 0.00000150. The van der Waals surface area contributed by atoms with E-state index in [1.807, 2.05) is 4.90 Å². The molecule has 2 unspecified atom stereocenters. The number of benzene rings is 1. The summed E-state index contributed by atoms with van der Waals surface area (Å²) in [6, 6.07) is 4.87. The number of nitrogens with zero attached hydrogens (tertiary/aromatic N) is 2. The predicted molar refractivity (Wildman–Crippen MR) is 119 cm³/mol. The molecule has 0 aromatic heterocycles. The Morgan fingerprint density at radius 2 is 1.72 bits per heavy atom. The van der Waals surface area contributed by atoms with Crippen molar-refractivity contribution in [1.29, 1.82) is 0 Å². The van der Waals surface area contributed by atoms with Crippen molar-refractivity contribution in [2.45, 2.75) is 44.7 Å². The van der Waals surface area contributed by atoms with Gasteiger partial charge < -0.3 is 10.6 Å². The third kappa shape index (κ3) is 5.56. The smallest absolute Gasteiger partial charge is 0.225 e. The lowest BCUT2D eigenvalue weighted by Crippen LogP contribution is -2.53. The van der Waals surface area contributed by atoms with Crippen LogP contribution >= 0.6 is 36.4 Å². The Morgan fingerprint density at radius 1 is 1.10 bits per heavy atom. The largest absolute Gasteiger partial charge is 0.340 e. The molecule has 1 saturated heterocycles. The summed E-state index contributed by atoms with van der Waals surface area (Å²) >= 11 is 6.15. The summed E-state index contributed by atoms with van der Waals surface area (Å²) in [6.45, 7) is 3.88. The molecule has 164 valence electrons. The minimum atomic E-state index is -0.309. The van der Waals surface area contributed by atoms with Gasteiger partial charge in [0.15, 0.2) is 0 Å². The summed E-state index contributed by atoms with van der Waals surface area (Å²) in [5.41, 5.74) is 7.31. The molecule has 0 spiro atoms. The summed E-state index contributed by atoms with van der Waals surface area (Å²) in [4.78, 5) is 17.4. The highest BCUT2D eigenvalue weighted by molar-refractivity contribution is 6.31. The van der Waals surface area contributed by atoms with Crippen LogP contribution in [0.25, 0.3) is 0 Å². The van der Waals surface area contributed by atoms with Gasteiger partial charge in [0.05, 0.1) is 0 Å². The van der Waals surface area contributed by atoms with Crippen molar-refractivity contribution >= 4 is 42.3 Å². The molecule has 3 fully saturated rings.